The molecule has 0 fully saturated rings. The highest BCUT2D eigenvalue weighted by molar-refractivity contribution is 7.09. The van der Waals surface area contributed by atoms with E-state index in [1.54, 1.807) is 11.3 Å². The lowest BCUT2D eigenvalue weighted by molar-refractivity contribution is 0.195. The molecular weight excluding hydrogens is 220 g/mol. The van der Waals surface area contributed by atoms with E-state index in [0.29, 0.717) is 0 Å². The van der Waals surface area contributed by atoms with Crippen molar-refractivity contribution < 1.29 is 5.11 Å². The summed E-state index contributed by atoms with van der Waals surface area (Å²) in [6.45, 7) is 7.43. The quantitative estimate of drug-likeness (QED) is 0.758. The van der Waals surface area contributed by atoms with Gasteiger partial charge in [0.05, 0.1) is 17.8 Å². The molecule has 1 heterocycles. The number of hydrogen-bond donors (Lipinski definition) is 1. The van der Waals surface area contributed by atoms with Gasteiger partial charge in [-0.3, -0.25) is 0 Å². The van der Waals surface area contributed by atoms with Gasteiger partial charge in [0, 0.05) is 18.0 Å². The lowest BCUT2D eigenvalue weighted by Crippen LogP contribution is -2.30. The van der Waals surface area contributed by atoms with Gasteiger partial charge in [0.15, 0.2) is 0 Å². The standard InChI is InChI=1S/C12H22N2OS/c1-3-4-6-14(8-9-15)7-5-12-11(2)13-10-16-12/h10,15H,3-9H2,1-2H3. The number of rotatable bonds is 8. The SMILES string of the molecule is CCCCN(CCO)CCc1scnc1C. The Kier molecular flexibility index (Phi) is 6.61. The summed E-state index contributed by atoms with van der Waals surface area (Å²) in [5.74, 6) is 0. The van der Waals surface area contributed by atoms with Crippen LogP contribution in [-0.2, 0) is 6.42 Å². The zero-order chi connectivity index (χ0) is 11.8. The molecule has 0 spiro atoms. The van der Waals surface area contributed by atoms with E-state index in [2.05, 4.69) is 23.7 Å². The zero-order valence-corrected chi connectivity index (χ0v) is 11.1. The molecule has 0 aromatic carbocycles. The van der Waals surface area contributed by atoms with Crippen LogP contribution < -0.4 is 0 Å². The third kappa shape index (κ3) is 4.60. The van der Waals surface area contributed by atoms with E-state index < -0.39 is 0 Å². The van der Waals surface area contributed by atoms with Crippen LogP contribution in [0.25, 0.3) is 0 Å². The number of nitrogens with zero attached hydrogens (tertiary/aromatic N) is 2. The second-order valence-corrected chi connectivity index (χ2v) is 4.97. The Morgan fingerprint density at radius 3 is 2.75 bits per heavy atom. The largest absolute Gasteiger partial charge is 0.395 e. The van der Waals surface area contributed by atoms with Crippen LogP contribution in [0.3, 0.4) is 0 Å². The highest BCUT2D eigenvalue weighted by Crippen LogP contribution is 2.13. The summed E-state index contributed by atoms with van der Waals surface area (Å²) in [5, 5.41) is 9.00. The molecule has 0 saturated carbocycles. The first-order valence-electron chi connectivity index (χ1n) is 6.00. The van der Waals surface area contributed by atoms with Crippen LogP contribution >= 0.6 is 11.3 Å². The second kappa shape index (κ2) is 7.76. The molecule has 0 atom stereocenters. The maximum Gasteiger partial charge on any atom is 0.0797 e. The number of aliphatic hydroxyl groups excluding tert-OH is 1. The van der Waals surface area contributed by atoms with Gasteiger partial charge < -0.3 is 10.0 Å². The van der Waals surface area contributed by atoms with Crippen molar-refractivity contribution in [3.63, 3.8) is 0 Å². The molecule has 0 radical (unpaired) electrons. The predicted octanol–water partition coefficient (Wildman–Crippen LogP) is 2.09. The summed E-state index contributed by atoms with van der Waals surface area (Å²) < 4.78 is 0. The van der Waals surface area contributed by atoms with Crippen molar-refractivity contribution in [1.29, 1.82) is 0 Å². The Morgan fingerprint density at radius 1 is 1.38 bits per heavy atom. The van der Waals surface area contributed by atoms with E-state index >= 15 is 0 Å². The summed E-state index contributed by atoms with van der Waals surface area (Å²) in [6, 6.07) is 0. The second-order valence-electron chi connectivity index (χ2n) is 4.03. The number of hydrogen-bond acceptors (Lipinski definition) is 4. The van der Waals surface area contributed by atoms with Crippen LogP contribution in [0.1, 0.15) is 30.3 Å². The van der Waals surface area contributed by atoms with Gasteiger partial charge in [-0.1, -0.05) is 13.3 Å². The molecule has 0 aliphatic rings. The molecule has 1 aromatic rings. The minimum Gasteiger partial charge on any atom is -0.395 e. The predicted molar refractivity (Wildman–Crippen MR) is 69.0 cm³/mol. The van der Waals surface area contributed by atoms with Crippen LogP contribution in [0, 0.1) is 6.92 Å². The van der Waals surface area contributed by atoms with Crippen molar-refractivity contribution in [1.82, 2.24) is 9.88 Å². The number of unbranched alkanes of at least 4 members (excludes halogenated alkanes) is 1. The third-order valence-corrected chi connectivity index (χ3v) is 3.74. The highest BCUT2D eigenvalue weighted by atomic mass is 32.1. The molecular formula is C12H22N2OS. The van der Waals surface area contributed by atoms with Gasteiger partial charge in [-0.05, 0) is 26.3 Å². The van der Waals surface area contributed by atoms with Crippen molar-refractivity contribution in [3.8, 4) is 0 Å². The van der Waals surface area contributed by atoms with Gasteiger partial charge in [0.25, 0.3) is 0 Å². The van der Waals surface area contributed by atoms with Crippen LogP contribution in [0.4, 0.5) is 0 Å². The molecule has 3 nitrogen and oxygen atoms in total. The van der Waals surface area contributed by atoms with Crippen molar-refractivity contribution in [2.24, 2.45) is 0 Å². The molecule has 92 valence electrons. The summed E-state index contributed by atoms with van der Waals surface area (Å²) in [4.78, 5) is 7.96. The number of thiazole rings is 1. The van der Waals surface area contributed by atoms with Gasteiger partial charge in [0.1, 0.15) is 0 Å². The lowest BCUT2D eigenvalue weighted by Gasteiger charge is -2.20. The zero-order valence-electron chi connectivity index (χ0n) is 10.3. The topological polar surface area (TPSA) is 36.4 Å². The van der Waals surface area contributed by atoms with Gasteiger partial charge in [-0.15, -0.1) is 11.3 Å². The molecule has 0 bridgehead atoms. The van der Waals surface area contributed by atoms with Gasteiger partial charge >= 0.3 is 0 Å². The Balaban J connectivity index is 2.34. The summed E-state index contributed by atoms with van der Waals surface area (Å²) in [7, 11) is 0. The molecule has 0 unspecified atom stereocenters. The molecule has 4 heteroatoms. The third-order valence-electron chi connectivity index (χ3n) is 2.74. The number of aliphatic hydroxyl groups is 1. The molecule has 0 saturated heterocycles. The van der Waals surface area contributed by atoms with Crippen molar-refractivity contribution in [3.05, 3.63) is 16.1 Å². The highest BCUT2D eigenvalue weighted by Gasteiger charge is 2.06. The Bertz CT molecular complexity index is 288. The van der Waals surface area contributed by atoms with Gasteiger partial charge in [0.2, 0.25) is 0 Å². The lowest BCUT2D eigenvalue weighted by atomic mass is 10.2. The van der Waals surface area contributed by atoms with Crippen LogP contribution in [-0.4, -0.2) is 41.2 Å². The van der Waals surface area contributed by atoms with Crippen LogP contribution in [0.5, 0.6) is 0 Å². The molecule has 0 amide bonds. The fourth-order valence-electron chi connectivity index (χ4n) is 1.68. The maximum atomic E-state index is 9.00. The van der Waals surface area contributed by atoms with Gasteiger partial charge in [-0.25, -0.2) is 4.98 Å². The van der Waals surface area contributed by atoms with E-state index in [4.69, 9.17) is 5.11 Å². The summed E-state index contributed by atoms with van der Waals surface area (Å²) in [5.41, 5.74) is 3.07. The summed E-state index contributed by atoms with van der Waals surface area (Å²) >= 11 is 1.73. The molecule has 0 aliphatic carbocycles. The van der Waals surface area contributed by atoms with Crippen LogP contribution in [0.15, 0.2) is 5.51 Å². The average molecular weight is 242 g/mol. The summed E-state index contributed by atoms with van der Waals surface area (Å²) in [6.07, 6.45) is 3.48. The van der Waals surface area contributed by atoms with E-state index in [1.165, 1.54) is 17.7 Å². The first-order valence-corrected chi connectivity index (χ1v) is 6.88. The van der Waals surface area contributed by atoms with Crippen molar-refractivity contribution in [2.45, 2.75) is 33.1 Å². The molecule has 1 aromatic heterocycles. The molecule has 0 aliphatic heterocycles. The molecule has 16 heavy (non-hydrogen) atoms. The first kappa shape index (κ1) is 13.6. The fourth-order valence-corrected chi connectivity index (χ4v) is 2.45. The normalized spacial score (nSPS) is 11.2. The van der Waals surface area contributed by atoms with E-state index in [-0.39, 0.29) is 6.61 Å². The Hall–Kier alpha value is -0.450. The maximum absolute atomic E-state index is 9.00. The minimum absolute atomic E-state index is 0.255. The van der Waals surface area contributed by atoms with Crippen LogP contribution in [0.2, 0.25) is 0 Å². The number of aryl methyl sites for hydroxylation is 1. The molecule has 1 N–H and O–H groups in total. The van der Waals surface area contributed by atoms with Crippen molar-refractivity contribution in [2.75, 3.05) is 26.2 Å². The van der Waals surface area contributed by atoms with E-state index in [0.717, 1.165) is 31.7 Å². The van der Waals surface area contributed by atoms with Gasteiger partial charge in [-0.2, -0.15) is 0 Å². The Labute approximate surface area is 102 Å². The van der Waals surface area contributed by atoms with E-state index in [9.17, 15) is 0 Å². The minimum atomic E-state index is 0.255. The first-order chi connectivity index (χ1) is 7.77. The molecule has 1 rings (SSSR count). The number of aromatic nitrogens is 1. The fraction of sp³-hybridized carbons (Fsp3) is 0.750. The van der Waals surface area contributed by atoms with Crippen molar-refractivity contribution >= 4 is 11.3 Å². The smallest absolute Gasteiger partial charge is 0.0797 e. The van der Waals surface area contributed by atoms with E-state index in [1.807, 2.05) is 5.51 Å². The Morgan fingerprint density at radius 2 is 2.19 bits per heavy atom. The average Bonchev–Trinajstić information content (AvgIpc) is 2.68. The monoisotopic (exact) mass is 242 g/mol.